The molecule has 4 aromatic rings. The second-order valence-corrected chi connectivity index (χ2v) is 8.39. The van der Waals surface area contributed by atoms with Crippen LogP contribution >= 0.6 is 0 Å². The normalized spacial score (nSPS) is 14.7. The van der Waals surface area contributed by atoms with Crippen LogP contribution in [0.1, 0.15) is 40.1 Å². The monoisotopic (exact) mass is 469 g/mol. The number of benzene rings is 3. The number of aromatic nitrogens is 2. The number of ether oxygens (including phenoxy) is 2. The fourth-order valence-corrected chi connectivity index (χ4v) is 4.61. The highest BCUT2D eigenvalue weighted by Crippen LogP contribution is 2.44. The van der Waals surface area contributed by atoms with Crippen LogP contribution in [0.25, 0.3) is 11.3 Å². The second kappa shape index (κ2) is 9.54. The molecule has 0 saturated heterocycles. The number of hydrogen-bond donors (Lipinski definition) is 2. The van der Waals surface area contributed by atoms with Gasteiger partial charge in [0.15, 0.2) is 11.5 Å². The van der Waals surface area contributed by atoms with Crippen LogP contribution in [0.5, 0.6) is 17.2 Å². The average molecular weight is 470 g/mol. The summed E-state index contributed by atoms with van der Waals surface area (Å²) in [4.78, 5) is 15.4. The van der Waals surface area contributed by atoms with Crippen molar-refractivity contribution in [3.8, 4) is 28.5 Å². The highest BCUT2D eigenvalue weighted by molar-refractivity contribution is 6.00. The molecule has 1 aliphatic rings. The summed E-state index contributed by atoms with van der Waals surface area (Å²) < 4.78 is 10.9. The summed E-state index contributed by atoms with van der Waals surface area (Å²) >= 11 is 0. The van der Waals surface area contributed by atoms with E-state index in [4.69, 9.17) is 9.47 Å². The molecule has 7 nitrogen and oxygen atoms in total. The quantitative estimate of drug-likeness (QED) is 0.380. The standard InChI is InChI=1S/C28H27N3O4/c1-3-35-23-17-20(11-14-22(23)32)27-24-25(19-9-12-21(34-2)13-10-19)29-30-26(24)28(33)31(27)16-15-18-7-5-4-6-8-18/h4-14,17,27,32H,3,15-16H2,1-2H3,(H,29,30). The molecule has 2 heterocycles. The predicted octanol–water partition coefficient (Wildman–Crippen LogP) is 4.98. The van der Waals surface area contributed by atoms with Crippen LogP contribution in [0.4, 0.5) is 0 Å². The van der Waals surface area contributed by atoms with Crippen LogP contribution in [0, 0.1) is 0 Å². The number of fused-ring (bicyclic) bond motifs is 1. The van der Waals surface area contributed by atoms with Gasteiger partial charge in [-0.2, -0.15) is 5.10 Å². The van der Waals surface area contributed by atoms with E-state index in [1.165, 1.54) is 0 Å². The summed E-state index contributed by atoms with van der Waals surface area (Å²) in [5.74, 6) is 1.11. The third kappa shape index (κ3) is 4.21. The zero-order valence-electron chi connectivity index (χ0n) is 19.7. The van der Waals surface area contributed by atoms with Gasteiger partial charge in [0, 0.05) is 17.7 Å². The molecule has 0 saturated carbocycles. The smallest absolute Gasteiger partial charge is 0.273 e. The molecule has 1 unspecified atom stereocenters. The molecule has 1 amide bonds. The number of amides is 1. The Morgan fingerprint density at radius 3 is 2.54 bits per heavy atom. The molecule has 0 aliphatic carbocycles. The minimum absolute atomic E-state index is 0.0681. The van der Waals surface area contributed by atoms with E-state index in [-0.39, 0.29) is 17.7 Å². The van der Waals surface area contributed by atoms with E-state index in [9.17, 15) is 9.90 Å². The van der Waals surface area contributed by atoms with Crippen molar-refractivity contribution >= 4 is 5.91 Å². The van der Waals surface area contributed by atoms with Crippen molar-refractivity contribution in [1.29, 1.82) is 0 Å². The molecule has 178 valence electrons. The van der Waals surface area contributed by atoms with Crippen LogP contribution in [0.3, 0.4) is 0 Å². The van der Waals surface area contributed by atoms with Crippen molar-refractivity contribution in [2.75, 3.05) is 20.3 Å². The number of aromatic hydroxyl groups is 1. The lowest BCUT2D eigenvalue weighted by atomic mass is 9.95. The zero-order valence-corrected chi connectivity index (χ0v) is 19.7. The van der Waals surface area contributed by atoms with Gasteiger partial charge in [-0.05, 0) is 60.9 Å². The lowest BCUT2D eigenvalue weighted by Gasteiger charge is -2.27. The number of aromatic amines is 1. The molecule has 5 rings (SSSR count). The number of nitrogens with one attached hydrogen (secondary N) is 1. The third-order valence-corrected chi connectivity index (χ3v) is 6.31. The van der Waals surface area contributed by atoms with Gasteiger partial charge < -0.3 is 19.5 Å². The Bertz CT molecular complexity index is 1330. The van der Waals surface area contributed by atoms with Crippen molar-refractivity contribution in [3.63, 3.8) is 0 Å². The Morgan fingerprint density at radius 1 is 1.06 bits per heavy atom. The maximum atomic E-state index is 13.6. The van der Waals surface area contributed by atoms with E-state index in [2.05, 4.69) is 22.3 Å². The molecule has 1 atom stereocenters. The molecule has 0 radical (unpaired) electrons. The van der Waals surface area contributed by atoms with Gasteiger partial charge in [0.25, 0.3) is 5.91 Å². The van der Waals surface area contributed by atoms with E-state index in [0.717, 1.165) is 34.4 Å². The van der Waals surface area contributed by atoms with E-state index in [1.807, 2.05) is 66.4 Å². The molecule has 1 aromatic heterocycles. The lowest BCUT2D eigenvalue weighted by Crippen LogP contribution is -2.31. The Labute approximate surface area is 203 Å². The maximum absolute atomic E-state index is 13.6. The Hall–Kier alpha value is -4.26. The van der Waals surface area contributed by atoms with Gasteiger partial charge in [-0.3, -0.25) is 9.89 Å². The van der Waals surface area contributed by atoms with Gasteiger partial charge in [-0.25, -0.2) is 0 Å². The lowest BCUT2D eigenvalue weighted by molar-refractivity contribution is 0.0745. The predicted molar refractivity (Wildman–Crippen MR) is 133 cm³/mol. The zero-order chi connectivity index (χ0) is 24.4. The van der Waals surface area contributed by atoms with Crippen molar-refractivity contribution in [2.45, 2.75) is 19.4 Å². The van der Waals surface area contributed by atoms with Crippen molar-refractivity contribution in [1.82, 2.24) is 15.1 Å². The second-order valence-electron chi connectivity index (χ2n) is 8.39. The summed E-state index contributed by atoms with van der Waals surface area (Å²) in [7, 11) is 1.63. The fourth-order valence-electron chi connectivity index (χ4n) is 4.61. The van der Waals surface area contributed by atoms with E-state index >= 15 is 0 Å². The molecule has 0 fully saturated rings. The van der Waals surface area contributed by atoms with E-state index < -0.39 is 0 Å². The summed E-state index contributed by atoms with van der Waals surface area (Å²) in [5.41, 5.74) is 4.91. The maximum Gasteiger partial charge on any atom is 0.273 e. The number of carbonyl (C=O) groups excluding carboxylic acids is 1. The SMILES string of the molecule is CCOc1cc(C2c3c(-c4ccc(OC)cc4)n[nH]c3C(=O)N2CCc2ccccc2)ccc1O. The Morgan fingerprint density at radius 2 is 1.83 bits per heavy atom. The van der Waals surface area contributed by atoms with Gasteiger partial charge >= 0.3 is 0 Å². The number of rotatable bonds is 8. The highest BCUT2D eigenvalue weighted by atomic mass is 16.5. The first-order chi connectivity index (χ1) is 17.1. The topological polar surface area (TPSA) is 87.7 Å². The number of phenols is 1. The molecule has 0 bridgehead atoms. The van der Waals surface area contributed by atoms with Gasteiger partial charge in [0.2, 0.25) is 0 Å². The van der Waals surface area contributed by atoms with Crippen LogP contribution < -0.4 is 9.47 Å². The van der Waals surface area contributed by atoms with Crippen LogP contribution in [0.15, 0.2) is 72.8 Å². The molecule has 0 spiro atoms. The number of hydrogen-bond acceptors (Lipinski definition) is 5. The summed E-state index contributed by atoms with van der Waals surface area (Å²) in [5, 5.41) is 17.8. The molecular formula is C28H27N3O4. The van der Waals surface area contributed by atoms with Crippen molar-refractivity contribution in [3.05, 3.63) is 95.2 Å². The molecule has 7 heteroatoms. The summed E-state index contributed by atoms with van der Waals surface area (Å²) in [6.07, 6.45) is 0.717. The van der Waals surface area contributed by atoms with Crippen molar-refractivity contribution in [2.24, 2.45) is 0 Å². The van der Waals surface area contributed by atoms with Gasteiger partial charge in [0.1, 0.15) is 11.4 Å². The number of H-pyrrole nitrogens is 1. The first-order valence-electron chi connectivity index (χ1n) is 11.6. The van der Waals surface area contributed by atoms with E-state index in [1.54, 1.807) is 13.2 Å². The number of carbonyl (C=O) groups is 1. The number of nitrogens with zero attached hydrogens (tertiary/aromatic N) is 2. The highest BCUT2D eigenvalue weighted by Gasteiger charge is 2.42. The van der Waals surface area contributed by atoms with Gasteiger partial charge in [0.05, 0.1) is 25.5 Å². The summed E-state index contributed by atoms with van der Waals surface area (Å²) in [6, 6.07) is 22.6. The fraction of sp³-hybridized carbons (Fsp3) is 0.214. The molecule has 35 heavy (non-hydrogen) atoms. The van der Waals surface area contributed by atoms with Crippen LogP contribution in [-0.2, 0) is 6.42 Å². The minimum atomic E-state index is -0.378. The van der Waals surface area contributed by atoms with Crippen LogP contribution in [-0.4, -0.2) is 46.4 Å². The van der Waals surface area contributed by atoms with Gasteiger partial charge in [-0.15, -0.1) is 0 Å². The Balaban J connectivity index is 1.59. The first-order valence-corrected chi connectivity index (χ1v) is 11.6. The van der Waals surface area contributed by atoms with Crippen molar-refractivity contribution < 1.29 is 19.4 Å². The van der Waals surface area contributed by atoms with Gasteiger partial charge in [-0.1, -0.05) is 36.4 Å². The molecular weight excluding hydrogens is 442 g/mol. The number of methoxy groups -OCH3 is 1. The van der Waals surface area contributed by atoms with Crippen LogP contribution in [0.2, 0.25) is 0 Å². The number of phenolic OH excluding ortho intramolecular Hbond substituents is 1. The van der Waals surface area contributed by atoms with E-state index in [0.29, 0.717) is 30.3 Å². The summed E-state index contributed by atoms with van der Waals surface area (Å²) in [6.45, 7) is 2.82. The minimum Gasteiger partial charge on any atom is -0.504 e. The first kappa shape index (κ1) is 22.5. The molecule has 2 N–H and O–H groups in total. The molecule has 3 aromatic carbocycles. The Kier molecular flexibility index (Phi) is 6.14. The largest absolute Gasteiger partial charge is 0.504 e. The molecule has 1 aliphatic heterocycles. The third-order valence-electron chi connectivity index (χ3n) is 6.31. The average Bonchev–Trinajstić information content (AvgIpc) is 3.44.